The molecule has 0 aromatic rings. The highest BCUT2D eigenvalue weighted by molar-refractivity contribution is 5.18. The minimum atomic E-state index is -1.12. The van der Waals surface area contributed by atoms with E-state index in [9.17, 15) is 15.3 Å². The molecule has 0 saturated heterocycles. The molecule has 0 amide bonds. The number of hydrogen-bond acceptors (Lipinski definition) is 3. The summed E-state index contributed by atoms with van der Waals surface area (Å²) in [6.07, 6.45) is 8.06. The van der Waals surface area contributed by atoms with Crippen molar-refractivity contribution < 1.29 is 15.3 Å². The molecule has 5 saturated carbocycles. The zero-order valence-corrected chi connectivity index (χ0v) is 22.5. The van der Waals surface area contributed by atoms with Gasteiger partial charge in [-0.05, 0) is 110 Å². The van der Waals surface area contributed by atoms with E-state index in [1.165, 1.54) is 32.1 Å². The minimum absolute atomic E-state index is 0.263. The van der Waals surface area contributed by atoms with E-state index >= 15 is 0 Å². The molecule has 5 aliphatic rings. The van der Waals surface area contributed by atoms with Crippen molar-refractivity contribution in [1.82, 2.24) is 0 Å². The maximum absolute atomic E-state index is 11.7. The highest BCUT2D eigenvalue weighted by Gasteiger charge is 2.68. The Morgan fingerprint density at radius 3 is 2.15 bits per heavy atom. The van der Waals surface area contributed by atoms with Gasteiger partial charge in [-0.3, -0.25) is 0 Å². The predicted octanol–water partition coefficient (Wildman–Crippen LogP) is 6.05. The van der Waals surface area contributed by atoms with Crippen molar-refractivity contribution >= 4 is 0 Å². The molecule has 3 heteroatoms. The van der Waals surface area contributed by atoms with Crippen LogP contribution in [0.4, 0.5) is 0 Å². The molecule has 0 aromatic heterocycles. The quantitative estimate of drug-likeness (QED) is 0.479. The molecule has 3 nitrogen and oxygen atoms in total. The van der Waals surface area contributed by atoms with E-state index in [0.717, 1.165) is 48.9 Å². The van der Waals surface area contributed by atoms with Crippen LogP contribution in [0.1, 0.15) is 106 Å². The summed E-state index contributed by atoms with van der Waals surface area (Å²) in [5.74, 6) is 5.69. The van der Waals surface area contributed by atoms with Crippen molar-refractivity contribution in [3.05, 3.63) is 0 Å². The van der Waals surface area contributed by atoms with Crippen LogP contribution < -0.4 is 0 Å². The Kier molecular flexibility index (Phi) is 5.72. The van der Waals surface area contributed by atoms with E-state index in [1.807, 2.05) is 0 Å². The topological polar surface area (TPSA) is 60.7 Å². The van der Waals surface area contributed by atoms with Gasteiger partial charge in [0.2, 0.25) is 0 Å². The molecule has 0 unspecified atom stereocenters. The smallest absolute Gasteiger partial charge is 0.0985 e. The third kappa shape index (κ3) is 3.23. The van der Waals surface area contributed by atoms with Crippen molar-refractivity contribution in [3.63, 3.8) is 0 Å². The normalized spacial score (nSPS) is 57.7. The summed E-state index contributed by atoms with van der Waals surface area (Å²) in [5.41, 5.74) is -0.479. The third-order valence-electron chi connectivity index (χ3n) is 13.6. The highest BCUT2D eigenvalue weighted by atomic mass is 16.3. The van der Waals surface area contributed by atoms with Crippen LogP contribution >= 0.6 is 0 Å². The van der Waals surface area contributed by atoms with Crippen molar-refractivity contribution in [2.24, 2.45) is 63.6 Å². The van der Waals surface area contributed by atoms with Gasteiger partial charge < -0.3 is 15.3 Å². The summed E-state index contributed by atoms with van der Waals surface area (Å²) in [5, 5.41) is 33.3. The lowest BCUT2D eigenvalue weighted by molar-refractivity contribution is -0.265. The molecule has 0 radical (unpaired) electrons. The molecule has 0 heterocycles. The van der Waals surface area contributed by atoms with Crippen molar-refractivity contribution in [2.75, 3.05) is 0 Å². The van der Waals surface area contributed by atoms with Crippen LogP contribution in [0.3, 0.4) is 0 Å². The molecular weight excluding hydrogens is 408 g/mol. The molecule has 3 N–H and O–H groups in total. The first-order valence-electron chi connectivity index (χ1n) is 14.4. The number of hydrogen-bond donors (Lipinski definition) is 3. The standard InChI is InChI=1S/C30H52O3/c1-17(2)19(4)28(6)16-25(28)18(3)22-8-9-23-21-14-26(32)30(33)15-20(31)10-13-29(30,7)24(21)11-12-27(22,23)5/h17-26,31-33H,8-16H2,1-7H3/t18-,19+,20-,21-,22+,23-,24-,25+,26+,27+,28+,29+,30-/m0/s1. The zero-order valence-electron chi connectivity index (χ0n) is 22.5. The van der Waals surface area contributed by atoms with Crippen LogP contribution in [0.25, 0.3) is 0 Å². The number of rotatable bonds is 4. The summed E-state index contributed by atoms with van der Waals surface area (Å²) >= 11 is 0. The predicted molar refractivity (Wildman–Crippen MR) is 133 cm³/mol. The molecular formula is C30H52O3. The molecule has 0 spiro atoms. The van der Waals surface area contributed by atoms with Crippen molar-refractivity contribution in [2.45, 2.75) is 124 Å². The molecule has 5 aliphatic carbocycles. The lowest BCUT2D eigenvalue weighted by Crippen LogP contribution is -2.68. The summed E-state index contributed by atoms with van der Waals surface area (Å²) in [7, 11) is 0. The summed E-state index contributed by atoms with van der Waals surface area (Å²) in [6, 6.07) is 0. The number of aliphatic hydroxyl groups excluding tert-OH is 2. The molecule has 33 heavy (non-hydrogen) atoms. The fourth-order valence-electron chi connectivity index (χ4n) is 10.9. The maximum Gasteiger partial charge on any atom is 0.0985 e. The Morgan fingerprint density at radius 1 is 0.788 bits per heavy atom. The fraction of sp³-hybridized carbons (Fsp3) is 1.00. The van der Waals surface area contributed by atoms with Crippen LogP contribution in [-0.2, 0) is 0 Å². The SMILES string of the molecule is CC(C)[C@@H](C)[C@@]1(C)C[C@@H]1[C@@H](C)[C@H]1CC[C@H]2[C@@H]3C[C@@H](O)[C@@]4(O)C[C@@H](O)CC[C@]4(C)[C@H]3CC[C@]12C. The van der Waals surface area contributed by atoms with Crippen LogP contribution in [0, 0.1) is 63.6 Å². The Hall–Kier alpha value is -0.120. The minimum Gasteiger partial charge on any atom is -0.393 e. The van der Waals surface area contributed by atoms with Gasteiger partial charge in [0.1, 0.15) is 0 Å². The molecule has 13 atom stereocenters. The third-order valence-corrected chi connectivity index (χ3v) is 13.6. The summed E-state index contributed by atoms with van der Waals surface area (Å²) < 4.78 is 0. The Labute approximate surface area is 203 Å². The van der Waals surface area contributed by atoms with Gasteiger partial charge >= 0.3 is 0 Å². The Bertz CT molecular complexity index is 766. The summed E-state index contributed by atoms with van der Waals surface area (Å²) in [4.78, 5) is 0. The highest BCUT2D eigenvalue weighted by Crippen LogP contribution is 2.72. The van der Waals surface area contributed by atoms with E-state index in [2.05, 4.69) is 48.5 Å². The second-order valence-electron chi connectivity index (χ2n) is 14.8. The van der Waals surface area contributed by atoms with Gasteiger partial charge in [-0.25, -0.2) is 0 Å². The van der Waals surface area contributed by atoms with E-state index in [-0.39, 0.29) is 5.41 Å². The van der Waals surface area contributed by atoms with Crippen LogP contribution in [0.2, 0.25) is 0 Å². The number of aliphatic hydroxyl groups is 3. The average molecular weight is 461 g/mol. The first-order chi connectivity index (χ1) is 15.3. The maximum atomic E-state index is 11.7. The molecule has 190 valence electrons. The lowest BCUT2D eigenvalue weighted by atomic mass is 9.42. The van der Waals surface area contributed by atoms with Gasteiger partial charge in [-0.15, -0.1) is 0 Å². The summed E-state index contributed by atoms with van der Waals surface area (Å²) in [6.45, 7) is 17.3. The number of fused-ring (bicyclic) bond motifs is 5. The fourth-order valence-corrected chi connectivity index (χ4v) is 10.9. The van der Waals surface area contributed by atoms with Gasteiger partial charge in [-0.2, -0.15) is 0 Å². The van der Waals surface area contributed by atoms with Gasteiger partial charge in [0, 0.05) is 11.8 Å². The second kappa shape index (κ2) is 7.69. The molecule has 0 aliphatic heterocycles. The Morgan fingerprint density at radius 2 is 1.48 bits per heavy atom. The van der Waals surface area contributed by atoms with E-state index in [1.54, 1.807) is 0 Å². The first kappa shape index (κ1) is 24.6. The molecule has 5 rings (SSSR count). The van der Waals surface area contributed by atoms with Crippen LogP contribution in [-0.4, -0.2) is 33.1 Å². The van der Waals surface area contributed by atoms with E-state index in [0.29, 0.717) is 35.0 Å². The van der Waals surface area contributed by atoms with Gasteiger partial charge in [0.25, 0.3) is 0 Å². The molecule has 5 fully saturated rings. The van der Waals surface area contributed by atoms with E-state index in [4.69, 9.17) is 0 Å². The largest absolute Gasteiger partial charge is 0.393 e. The van der Waals surface area contributed by atoms with Crippen LogP contribution in [0.15, 0.2) is 0 Å². The monoisotopic (exact) mass is 460 g/mol. The van der Waals surface area contributed by atoms with Crippen LogP contribution in [0.5, 0.6) is 0 Å². The van der Waals surface area contributed by atoms with Crippen molar-refractivity contribution in [3.8, 4) is 0 Å². The van der Waals surface area contributed by atoms with Gasteiger partial charge in [-0.1, -0.05) is 48.5 Å². The second-order valence-corrected chi connectivity index (χ2v) is 14.8. The van der Waals surface area contributed by atoms with E-state index < -0.39 is 17.8 Å². The van der Waals surface area contributed by atoms with Crippen molar-refractivity contribution in [1.29, 1.82) is 0 Å². The molecule has 0 aromatic carbocycles. The first-order valence-corrected chi connectivity index (χ1v) is 14.4. The zero-order chi connectivity index (χ0) is 24.1. The Balaban J connectivity index is 1.37. The lowest BCUT2D eigenvalue weighted by Gasteiger charge is -2.65. The van der Waals surface area contributed by atoms with Gasteiger partial charge in [0.15, 0.2) is 0 Å². The van der Waals surface area contributed by atoms with Gasteiger partial charge in [0.05, 0.1) is 17.8 Å². The molecule has 0 bridgehead atoms. The average Bonchev–Trinajstić information content (AvgIpc) is 3.31.